The number of aryl methyl sites for hydroxylation is 2. The highest BCUT2D eigenvalue weighted by Crippen LogP contribution is 2.38. The fraction of sp³-hybridized carbons (Fsp3) is 0.455. The molecule has 2 aromatic rings. The van der Waals surface area contributed by atoms with Crippen LogP contribution in [0.15, 0.2) is 6.07 Å². The summed E-state index contributed by atoms with van der Waals surface area (Å²) in [6.07, 6.45) is 2.45. The first kappa shape index (κ1) is 9.45. The highest BCUT2D eigenvalue weighted by Gasteiger charge is 2.27. The summed E-state index contributed by atoms with van der Waals surface area (Å²) in [7, 11) is 0. The number of aromatic amines is 1. The number of rotatable bonds is 2. The lowest BCUT2D eigenvalue weighted by molar-refractivity contribution is 0.933. The minimum Gasteiger partial charge on any atom is -0.262 e. The zero-order valence-corrected chi connectivity index (χ0v) is 9.36. The number of hydrogen-bond donors (Lipinski definition) is 1. The summed E-state index contributed by atoms with van der Waals surface area (Å²) >= 11 is 0. The molecule has 0 aliphatic heterocycles. The van der Waals surface area contributed by atoms with Gasteiger partial charge in [0.15, 0.2) is 5.82 Å². The first-order chi connectivity index (χ1) is 7.74. The fourth-order valence-electron chi connectivity index (χ4n) is 1.71. The molecule has 1 aliphatic rings. The Hall–Kier alpha value is -1.78. The van der Waals surface area contributed by atoms with Gasteiger partial charge in [-0.3, -0.25) is 5.10 Å². The maximum absolute atomic E-state index is 4.51. The van der Waals surface area contributed by atoms with Crippen LogP contribution in [0.4, 0.5) is 0 Å². The maximum Gasteiger partial charge on any atom is 0.183 e. The van der Waals surface area contributed by atoms with E-state index in [-0.39, 0.29) is 0 Å². The Morgan fingerprint density at radius 2 is 2.06 bits per heavy atom. The summed E-state index contributed by atoms with van der Waals surface area (Å²) in [6, 6.07) is 1.97. The van der Waals surface area contributed by atoms with Gasteiger partial charge in [-0.15, -0.1) is 0 Å². The SMILES string of the molecule is Cc1cc(-c2n[nH]c(C3CC3)n2)c(C)nn1. The average Bonchev–Trinajstić information content (AvgIpc) is 3.01. The van der Waals surface area contributed by atoms with Crippen molar-refractivity contribution in [2.24, 2.45) is 0 Å². The van der Waals surface area contributed by atoms with Crippen molar-refractivity contribution in [2.45, 2.75) is 32.6 Å². The van der Waals surface area contributed by atoms with Crippen LogP contribution in [-0.4, -0.2) is 25.4 Å². The third kappa shape index (κ3) is 1.58. The summed E-state index contributed by atoms with van der Waals surface area (Å²) < 4.78 is 0. The smallest absolute Gasteiger partial charge is 0.183 e. The Morgan fingerprint density at radius 3 is 2.81 bits per heavy atom. The molecule has 1 fully saturated rings. The number of hydrogen-bond acceptors (Lipinski definition) is 4. The highest BCUT2D eigenvalue weighted by atomic mass is 15.2. The van der Waals surface area contributed by atoms with E-state index in [1.54, 1.807) is 0 Å². The Bertz CT molecular complexity index is 527. The van der Waals surface area contributed by atoms with Gasteiger partial charge < -0.3 is 0 Å². The van der Waals surface area contributed by atoms with Gasteiger partial charge in [-0.25, -0.2) is 4.98 Å². The Morgan fingerprint density at radius 1 is 1.25 bits per heavy atom. The van der Waals surface area contributed by atoms with Crippen LogP contribution in [0.2, 0.25) is 0 Å². The van der Waals surface area contributed by atoms with Crippen molar-refractivity contribution in [2.75, 3.05) is 0 Å². The van der Waals surface area contributed by atoms with E-state index >= 15 is 0 Å². The molecular weight excluding hydrogens is 202 g/mol. The predicted octanol–water partition coefficient (Wildman–Crippen LogP) is 1.76. The standard InChI is InChI=1S/C11H13N5/c1-6-5-9(7(2)14-13-6)11-12-10(15-16-11)8-3-4-8/h5,8H,3-4H2,1-2H3,(H,12,15,16). The van der Waals surface area contributed by atoms with E-state index in [1.165, 1.54) is 12.8 Å². The summed E-state index contributed by atoms with van der Waals surface area (Å²) in [5.41, 5.74) is 2.72. The number of nitrogens with one attached hydrogen (secondary N) is 1. The Labute approximate surface area is 93.3 Å². The van der Waals surface area contributed by atoms with Gasteiger partial charge in [0.05, 0.1) is 11.4 Å². The van der Waals surface area contributed by atoms with Crippen LogP contribution in [0.1, 0.15) is 36.0 Å². The van der Waals surface area contributed by atoms with E-state index in [9.17, 15) is 0 Å². The van der Waals surface area contributed by atoms with E-state index in [0.717, 1.165) is 28.6 Å². The summed E-state index contributed by atoms with van der Waals surface area (Å²) in [5.74, 6) is 2.33. The second-order valence-corrected chi connectivity index (χ2v) is 4.30. The third-order valence-corrected chi connectivity index (χ3v) is 2.81. The Balaban J connectivity index is 2.03. The molecule has 0 unspecified atom stereocenters. The van der Waals surface area contributed by atoms with Crippen molar-refractivity contribution < 1.29 is 0 Å². The molecule has 1 saturated carbocycles. The fourth-order valence-corrected chi connectivity index (χ4v) is 1.71. The van der Waals surface area contributed by atoms with Crippen LogP contribution in [0.5, 0.6) is 0 Å². The molecule has 0 atom stereocenters. The molecule has 0 spiro atoms. The minimum atomic E-state index is 0.595. The maximum atomic E-state index is 4.51. The second-order valence-electron chi connectivity index (χ2n) is 4.30. The lowest BCUT2D eigenvalue weighted by atomic mass is 10.2. The minimum absolute atomic E-state index is 0.595. The number of nitrogens with zero attached hydrogens (tertiary/aromatic N) is 4. The van der Waals surface area contributed by atoms with Gasteiger partial charge in [-0.05, 0) is 32.8 Å². The van der Waals surface area contributed by atoms with Gasteiger partial charge in [-0.2, -0.15) is 15.3 Å². The summed E-state index contributed by atoms with van der Waals surface area (Å²) in [5, 5.41) is 15.3. The molecule has 0 bridgehead atoms. The lowest BCUT2D eigenvalue weighted by Gasteiger charge is -1.99. The molecule has 3 rings (SSSR count). The van der Waals surface area contributed by atoms with Crippen molar-refractivity contribution in [1.29, 1.82) is 0 Å². The molecule has 2 aromatic heterocycles. The Kier molecular flexibility index (Phi) is 1.99. The van der Waals surface area contributed by atoms with E-state index in [4.69, 9.17) is 0 Å². The molecule has 1 N–H and O–H groups in total. The van der Waals surface area contributed by atoms with Crippen LogP contribution in [-0.2, 0) is 0 Å². The summed E-state index contributed by atoms with van der Waals surface area (Å²) in [4.78, 5) is 4.51. The van der Waals surface area contributed by atoms with Gasteiger partial charge >= 0.3 is 0 Å². The van der Waals surface area contributed by atoms with Crippen molar-refractivity contribution >= 4 is 0 Å². The molecular formula is C11H13N5. The molecule has 0 amide bonds. The molecule has 82 valence electrons. The van der Waals surface area contributed by atoms with Gasteiger partial charge in [0, 0.05) is 11.5 Å². The van der Waals surface area contributed by atoms with Gasteiger partial charge in [0.25, 0.3) is 0 Å². The van der Waals surface area contributed by atoms with Crippen molar-refractivity contribution in [1.82, 2.24) is 25.4 Å². The van der Waals surface area contributed by atoms with E-state index in [0.29, 0.717) is 5.92 Å². The van der Waals surface area contributed by atoms with Gasteiger partial charge in [0.1, 0.15) is 5.82 Å². The van der Waals surface area contributed by atoms with Gasteiger partial charge in [-0.1, -0.05) is 0 Å². The van der Waals surface area contributed by atoms with Crippen LogP contribution < -0.4 is 0 Å². The molecule has 5 nitrogen and oxygen atoms in total. The largest absolute Gasteiger partial charge is 0.262 e. The van der Waals surface area contributed by atoms with Crippen LogP contribution in [0.3, 0.4) is 0 Å². The molecule has 0 radical (unpaired) electrons. The highest BCUT2D eigenvalue weighted by molar-refractivity contribution is 5.57. The molecule has 0 saturated heterocycles. The van der Waals surface area contributed by atoms with E-state index in [2.05, 4.69) is 25.4 Å². The molecule has 2 heterocycles. The topological polar surface area (TPSA) is 67.3 Å². The first-order valence-electron chi connectivity index (χ1n) is 5.47. The van der Waals surface area contributed by atoms with Gasteiger partial charge in [0.2, 0.25) is 0 Å². The van der Waals surface area contributed by atoms with Crippen molar-refractivity contribution in [3.8, 4) is 11.4 Å². The van der Waals surface area contributed by atoms with Crippen LogP contribution in [0.25, 0.3) is 11.4 Å². The monoisotopic (exact) mass is 215 g/mol. The quantitative estimate of drug-likeness (QED) is 0.828. The molecule has 0 aromatic carbocycles. The summed E-state index contributed by atoms with van der Waals surface area (Å²) in [6.45, 7) is 3.85. The van der Waals surface area contributed by atoms with Crippen molar-refractivity contribution in [3.63, 3.8) is 0 Å². The molecule has 16 heavy (non-hydrogen) atoms. The third-order valence-electron chi connectivity index (χ3n) is 2.81. The molecule has 1 aliphatic carbocycles. The van der Waals surface area contributed by atoms with Crippen LogP contribution >= 0.6 is 0 Å². The van der Waals surface area contributed by atoms with E-state index in [1.807, 2.05) is 19.9 Å². The lowest BCUT2D eigenvalue weighted by Crippen LogP contribution is -1.95. The number of H-pyrrole nitrogens is 1. The zero-order chi connectivity index (χ0) is 11.1. The molecule has 5 heteroatoms. The number of aromatic nitrogens is 5. The zero-order valence-electron chi connectivity index (χ0n) is 9.36. The predicted molar refractivity (Wildman–Crippen MR) is 58.9 cm³/mol. The normalized spacial score (nSPS) is 15.4. The van der Waals surface area contributed by atoms with Crippen molar-refractivity contribution in [3.05, 3.63) is 23.3 Å². The van der Waals surface area contributed by atoms with Crippen LogP contribution in [0, 0.1) is 13.8 Å². The van der Waals surface area contributed by atoms with E-state index < -0.39 is 0 Å². The first-order valence-corrected chi connectivity index (χ1v) is 5.47. The second kappa shape index (κ2) is 3.37. The average molecular weight is 215 g/mol.